The number of halogens is 2. The van der Waals surface area contributed by atoms with Gasteiger partial charge < -0.3 is 5.43 Å². The third-order valence-corrected chi connectivity index (χ3v) is 1.77. The lowest BCUT2D eigenvalue weighted by molar-refractivity contribution is 0.571. The molecule has 0 amide bonds. The molecule has 5 heteroatoms. The number of amidine groups is 1. The van der Waals surface area contributed by atoms with Crippen molar-refractivity contribution in [1.29, 1.82) is 0 Å². The lowest BCUT2D eigenvalue weighted by atomic mass is 10.1. The van der Waals surface area contributed by atoms with Crippen molar-refractivity contribution < 1.29 is 8.78 Å². The second kappa shape index (κ2) is 4.57. The van der Waals surface area contributed by atoms with Crippen LogP contribution in [0.15, 0.2) is 23.2 Å². The zero-order chi connectivity index (χ0) is 12.3. The van der Waals surface area contributed by atoms with E-state index in [2.05, 4.69) is 10.4 Å². The van der Waals surface area contributed by atoms with E-state index in [-0.39, 0.29) is 11.4 Å². The number of hydrogen-bond donors (Lipinski definition) is 2. The third kappa shape index (κ3) is 3.27. The fraction of sp³-hybridized carbons (Fsp3) is 0.364. The third-order valence-electron chi connectivity index (χ3n) is 1.77. The molecule has 0 bridgehead atoms. The van der Waals surface area contributed by atoms with Crippen LogP contribution in [0, 0.1) is 11.6 Å². The first-order valence-electron chi connectivity index (χ1n) is 4.85. The highest BCUT2D eigenvalue weighted by Gasteiger charge is 2.14. The van der Waals surface area contributed by atoms with Gasteiger partial charge in [0, 0.05) is 6.07 Å². The van der Waals surface area contributed by atoms with Crippen LogP contribution in [0.5, 0.6) is 0 Å². The molecule has 1 aromatic carbocycles. The first-order valence-corrected chi connectivity index (χ1v) is 4.85. The quantitative estimate of drug-likeness (QED) is 0.333. The standard InChI is InChI=1S/C11H15F2N3/c1-11(2,3)15-10(16-14)8-5-4-7(12)6-9(8)13/h4-6H,14H2,1-3H3,(H,15,16). The Morgan fingerprint density at radius 2 is 1.94 bits per heavy atom. The van der Waals surface area contributed by atoms with Gasteiger partial charge in [0.05, 0.1) is 11.1 Å². The molecule has 0 fully saturated rings. The summed E-state index contributed by atoms with van der Waals surface area (Å²) in [7, 11) is 0. The average molecular weight is 227 g/mol. The van der Waals surface area contributed by atoms with Crippen LogP contribution in [-0.4, -0.2) is 11.4 Å². The Morgan fingerprint density at radius 1 is 1.31 bits per heavy atom. The molecular formula is C11H15F2N3. The molecular weight excluding hydrogens is 212 g/mol. The van der Waals surface area contributed by atoms with E-state index < -0.39 is 17.2 Å². The van der Waals surface area contributed by atoms with E-state index in [4.69, 9.17) is 5.84 Å². The van der Waals surface area contributed by atoms with Gasteiger partial charge in [0.15, 0.2) is 0 Å². The summed E-state index contributed by atoms with van der Waals surface area (Å²) >= 11 is 0. The largest absolute Gasteiger partial charge is 0.308 e. The number of rotatable bonds is 1. The van der Waals surface area contributed by atoms with Gasteiger partial charge in [-0.05, 0) is 32.9 Å². The van der Waals surface area contributed by atoms with Crippen molar-refractivity contribution in [3.63, 3.8) is 0 Å². The fourth-order valence-corrected chi connectivity index (χ4v) is 1.19. The number of hydrazine groups is 1. The van der Waals surface area contributed by atoms with Gasteiger partial charge in [0.25, 0.3) is 0 Å². The summed E-state index contributed by atoms with van der Waals surface area (Å²) in [5, 5.41) is 0. The Balaban J connectivity index is 3.19. The van der Waals surface area contributed by atoms with Crippen LogP contribution in [0.2, 0.25) is 0 Å². The Kier molecular flexibility index (Phi) is 3.59. The summed E-state index contributed by atoms with van der Waals surface area (Å²) in [6, 6.07) is 3.26. The normalized spacial score (nSPS) is 12.8. The molecule has 1 aromatic rings. The lowest BCUT2D eigenvalue weighted by Crippen LogP contribution is -2.34. The molecule has 0 aliphatic rings. The molecule has 3 N–H and O–H groups in total. The molecule has 0 saturated carbocycles. The molecule has 1 rings (SSSR count). The van der Waals surface area contributed by atoms with Gasteiger partial charge in [-0.1, -0.05) is 0 Å². The maximum absolute atomic E-state index is 13.4. The van der Waals surface area contributed by atoms with Gasteiger partial charge in [0.2, 0.25) is 0 Å². The first kappa shape index (κ1) is 12.6. The van der Waals surface area contributed by atoms with Gasteiger partial charge in [-0.15, -0.1) is 0 Å². The van der Waals surface area contributed by atoms with Crippen LogP contribution in [-0.2, 0) is 0 Å². The van der Waals surface area contributed by atoms with Crippen molar-refractivity contribution in [2.24, 2.45) is 10.8 Å². The second-order valence-electron chi connectivity index (χ2n) is 4.40. The molecule has 0 unspecified atom stereocenters. The summed E-state index contributed by atoms with van der Waals surface area (Å²) in [5.41, 5.74) is 2.07. The highest BCUT2D eigenvalue weighted by Crippen LogP contribution is 2.13. The van der Waals surface area contributed by atoms with Gasteiger partial charge in [-0.3, -0.25) is 4.99 Å². The molecule has 16 heavy (non-hydrogen) atoms. The lowest BCUT2D eigenvalue weighted by Gasteiger charge is -2.16. The molecule has 0 radical (unpaired) electrons. The van der Waals surface area contributed by atoms with E-state index in [9.17, 15) is 8.78 Å². The van der Waals surface area contributed by atoms with Crippen LogP contribution in [0.1, 0.15) is 26.3 Å². The summed E-state index contributed by atoms with van der Waals surface area (Å²) < 4.78 is 26.2. The summed E-state index contributed by atoms with van der Waals surface area (Å²) in [6.07, 6.45) is 0. The van der Waals surface area contributed by atoms with Gasteiger partial charge >= 0.3 is 0 Å². The van der Waals surface area contributed by atoms with E-state index >= 15 is 0 Å². The monoisotopic (exact) mass is 227 g/mol. The zero-order valence-corrected chi connectivity index (χ0v) is 9.51. The van der Waals surface area contributed by atoms with Gasteiger partial charge in [0.1, 0.15) is 17.5 Å². The van der Waals surface area contributed by atoms with Crippen LogP contribution in [0.4, 0.5) is 8.78 Å². The van der Waals surface area contributed by atoms with Crippen molar-refractivity contribution >= 4 is 5.84 Å². The van der Waals surface area contributed by atoms with Gasteiger partial charge in [-0.25, -0.2) is 14.6 Å². The van der Waals surface area contributed by atoms with E-state index in [1.807, 2.05) is 20.8 Å². The van der Waals surface area contributed by atoms with Crippen molar-refractivity contribution in [2.45, 2.75) is 26.3 Å². The number of nitrogens with zero attached hydrogens (tertiary/aromatic N) is 1. The van der Waals surface area contributed by atoms with Crippen LogP contribution in [0.25, 0.3) is 0 Å². The maximum Gasteiger partial charge on any atom is 0.146 e. The molecule has 0 atom stereocenters. The molecule has 3 nitrogen and oxygen atoms in total. The van der Waals surface area contributed by atoms with Gasteiger partial charge in [-0.2, -0.15) is 0 Å². The zero-order valence-electron chi connectivity index (χ0n) is 9.51. The van der Waals surface area contributed by atoms with E-state index in [0.29, 0.717) is 0 Å². The first-order chi connectivity index (χ1) is 7.33. The van der Waals surface area contributed by atoms with E-state index in [1.54, 1.807) is 0 Å². The molecule has 88 valence electrons. The van der Waals surface area contributed by atoms with Crippen molar-refractivity contribution in [2.75, 3.05) is 0 Å². The minimum Gasteiger partial charge on any atom is -0.308 e. The molecule has 0 aromatic heterocycles. The molecule has 0 spiro atoms. The fourth-order valence-electron chi connectivity index (χ4n) is 1.19. The number of benzene rings is 1. The summed E-state index contributed by atoms with van der Waals surface area (Å²) in [6.45, 7) is 5.56. The van der Waals surface area contributed by atoms with Crippen LogP contribution >= 0.6 is 0 Å². The minimum absolute atomic E-state index is 0.152. The molecule has 0 aliphatic carbocycles. The number of hydrogen-bond acceptors (Lipinski definition) is 2. The van der Waals surface area contributed by atoms with Crippen molar-refractivity contribution in [3.8, 4) is 0 Å². The Labute approximate surface area is 93.3 Å². The Hall–Kier alpha value is -1.49. The maximum atomic E-state index is 13.4. The van der Waals surface area contributed by atoms with Crippen molar-refractivity contribution in [1.82, 2.24) is 5.43 Å². The van der Waals surface area contributed by atoms with E-state index in [0.717, 1.165) is 12.1 Å². The summed E-state index contributed by atoms with van der Waals surface area (Å²) in [4.78, 5) is 4.21. The predicted octanol–water partition coefficient (Wildman–Crippen LogP) is 1.97. The highest BCUT2D eigenvalue weighted by atomic mass is 19.1. The molecule has 0 aliphatic heterocycles. The molecule has 0 saturated heterocycles. The highest BCUT2D eigenvalue weighted by molar-refractivity contribution is 5.98. The predicted molar refractivity (Wildman–Crippen MR) is 60.0 cm³/mol. The number of nitrogens with two attached hydrogens (primary N) is 1. The topological polar surface area (TPSA) is 50.4 Å². The van der Waals surface area contributed by atoms with Crippen LogP contribution in [0.3, 0.4) is 0 Å². The van der Waals surface area contributed by atoms with E-state index in [1.165, 1.54) is 6.07 Å². The Bertz CT molecular complexity index is 408. The van der Waals surface area contributed by atoms with Crippen molar-refractivity contribution in [3.05, 3.63) is 35.4 Å². The Morgan fingerprint density at radius 3 is 2.38 bits per heavy atom. The number of nitrogens with one attached hydrogen (secondary N) is 1. The minimum atomic E-state index is -0.694. The molecule has 0 heterocycles. The SMILES string of the molecule is CC(C)(C)N=C(NN)c1ccc(F)cc1F. The smallest absolute Gasteiger partial charge is 0.146 e. The summed E-state index contributed by atoms with van der Waals surface area (Å²) in [5.74, 6) is 4.15. The second-order valence-corrected chi connectivity index (χ2v) is 4.40. The number of aliphatic imine (C=N–C) groups is 1. The average Bonchev–Trinajstić information content (AvgIpc) is 2.13. The van der Waals surface area contributed by atoms with Crippen LogP contribution < -0.4 is 11.3 Å².